The Kier molecular flexibility index (Phi) is 4.13. The third-order valence-corrected chi connectivity index (χ3v) is 4.83. The van der Waals surface area contributed by atoms with Crippen molar-refractivity contribution in [2.75, 3.05) is 19.8 Å². The second-order valence-corrected chi connectivity index (χ2v) is 7.09. The molecule has 0 amide bonds. The molecule has 2 heteroatoms. The van der Waals surface area contributed by atoms with Crippen molar-refractivity contribution in [3.8, 4) is 0 Å². The van der Waals surface area contributed by atoms with Crippen molar-refractivity contribution < 1.29 is 4.74 Å². The van der Waals surface area contributed by atoms with Gasteiger partial charge in [0.2, 0.25) is 0 Å². The van der Waals surface area contributed by atoms with E-state index in [0.29, 0.717) is 11.5 Å². The Morgan fingerprint density at radius 3 is 2.85 bits per heavy atom. The first kappa shape index (κ1) is 14.1. The number of rotatable bonds is 6. The van der Waals surface area contributed by atoms with Gasteiger partial charge in [-0.3, -0.25) is 0 Å². The lowest BCUT2D eigenvalue weighted by molar-refractivity contribution is 0.115. The van der Waals surface area contributed by atoms with Crippen LogP contribution >= 0.6 is 0 Å². The highest BCUT2D eigenvalue weighted by Gasteiger charge is 2.35. The van der Waals surface area contributed by atoms with Crippen LogP contribution in [0.1, 0.15) is 50.3 Å². The fraction of sp³-hybridized carbons (Fsp3) is 0.667. The molecule has 2 nitrogen and oxygen atoms in total. The van der Waals surface area contributed by atoms with Gasteiger partial charge in [0.25, 0.3) is 0 Å². The standard InChI is InChI=1S/C18H27NO/c1-18(2)10-9-15-5-3-4-6-16(15)17(18)19-11-12-20-13-14-7-8-14/h3-6,14,17,19H,7-13H2,1-2H3. The number of aryl methyl sites for hydroxylation is 1. The molecule has 0 radical (unpaired) electrons. The lowest BCUT2D eigenvalue weighted by Gasteiger charge is -2.40. The Morgan fingerprint density at radius 1 is 1.25 bits per heavy atom. The highest BCUT2D eigenvalue weighted by Crippen LogP contribution is 2.43. The van der Waals surface area contributed by atoms with Gasteiger partial charge in [-0.1, -0.05) is 38.1 Å². The topological polar surface area (TPSA) is 21.3 Å². The van der Waals surface area contributed by atoms with Gasteiger partial charge in [0.05, 0.1) is 6.61 Å². The minimum atomic E-state index is 0.324. The van der Waals surface area contributed by atoms with Gasteiger partial charge >= 0.3 is 0 Å². The predicted octanol–water partition coefficient (Wildman–Crippen LogP) is 3.72. The van der Waals surface area contributed by atoms with Crippen LogP contribution in [0, 0.1) is 11.3 Å². The van der Waals surface area contributed by atoms with E-state index < -0.39 is 0 Å². The first-order valence-corrected chi connectivity index (χ1v) is 8.06. The van der Waals surface area contributed by atoms with Gasteiger partial charge in [-0.15, -0.1) is 0 Å². The molecule has 1 fully saturated rings. The lowest BCUT2D eigenvalue weighted by atomic mass is 9.70. The molecular formula is C18H27NO. The van der Waals surface area contributed by atoms with Crippen LogP contribution in [0.2, 0.25) is 0 Å². The second kappa shape index (κ2) is 5.87. The molecule has 110 valence electrons. The molecule has 1 N–H and O–H groups in total. The molecule has 0 bridgehead atoms. The van der Waals surface area contributed by atoms with Gasteiger partial charge in [-0.05, 0) is 48.1 Å². The molecule has 3 rings (SSSR count). The van der Waals surface area contributed by atoms with Crippen LogP contribution in [-0.4, -0.2) is 19.8 Å². The van der Waals surface area contributed by atoms with Gasteiger partial charge in [0, 0.05) is 19.2 Å². The van der Waals surface area contributed by atoms with E-state index in [0.717, 1.165) is 25.7 Å². The van der Waals surface area contributed by atoms with Crippen molar-refractivity contribution in [1.29, 1.82) is 0 Å². The molecule has 20 heavy (non-hydrogen) atoms. The maximum atomic E-state index is 5.74. The first-order valence-electron chi connectivity index (χ1n) is 8.06. The Balaban J connectivity index is 1.57. The Hall–Kier alpha value is -0.860. The lowest BCUT2D eigenvalue weighted by Crippen LogP contribution is -2.39. The van der Waals surface area contributed by atoms with E-state index in [1.165, 1.54) is 36.8 Å². The number of fused-ring (bicyclic) bond motifs is 1. The fourth-order valence-electron chi connectivity index (χ4n) is 3.26. The summed E-state index contributed by atoms with van der Waals surface area (Å²) < 4.78 is 5.74. The highest BCUT2D eigenvalue weighted by atomic mass is 16.5. The molecule has 0 aromatic heterocycles. The molecule has 1 aromatic rings. The Bertz CT molecular complexity index is 450. The molecule has 2 aliphatic carbocycles. The van der Waals surface area contributed by atoms with Crippen LogP contribution in [0.5, 0.6) is 0 Å². The van der Waals surface area contributed by atoms with Crippen molar-refractivity contribution in [2.24, 2.45) is 11.3 Å². The van der Waals surface area contributed by atoms with Crippen LogP contribution in [-0.2, 0) is 11.2 Å². The van der Waals surface area contributed by atoms with Crippen molar-refractivity contribution >= 4 is 0 Å². The average molecular weight is 273 g/mol. The number of nitrogens with one attached hydrogen (secondary N) is 1. The largest absolute Gasteiger partial charge is 0.380 e. The van der Waals surface area contributed by atoms with Crippen molar-refractivity contribution in [1.82, 2.24) is 5.32 Å². The molecule has 1 aromatic carbocycles. The van der Waals surface area contributed by atoms with Gasteiger partial charge in [0.15, 0.2) is 0 Å². The SMILES string of the molecule is CC1(C)CCc2ccccc2C1NCCOCC1CC1. The minimum Gasteiger partial charge on any atom is -0.380 e. The zero-order valence-electron chi connectivity index (χ0n) is 12.8. The summed E-state index contributed by atoms with van der Waals surface area (Å²) in [6, 6.07) is 9.35. The number of benzene rings is 1. The third kappa shape index (κ3) is 3.24. The fourth-order valence-corrected chi connectivity index (χ4v) is 3.26. The predicted molar refractivity (Wildman–Crippen MR) is 82.8 cm³/mol. The third-order valence-electron chi connectivity index (χ3n) is 4.83. The second-order valence-electron chi connectivity index (χ2n) is 7.09. The maximum Gasteiger partial charge on any atom is 0.0591 e. The van der Waals surface area contributed by atoms with Crippen LogP contribution in [0.15, 0.2) is 24.3 Å². The summed E-state index contributed by atoms with van der Waals surface area (Å²) in [5, 5.41) is 3.74. The zero-order valence-corrected chi connectivity index (χ0v) is 12.8. The van der Waals surface area contributed by atoms with E-state index in [2.05, 4.69) is 43.4 Å². The van der Waals surface area contributed by atoms with Crippen LogP contribution in [0.4, 0.5) is 0 Å². The summed E-state index contributed by atoms with van der Waals surface area (Å²) in [4.78, 5) is 0. The van der Waals surface area contributed by atoms with E-state index in [1.807, 2.05) is 0 Å². The summed E-state index contributed by atoms with van der Waals surface area (Å²) in [6.07, 6.45) is 5.21. The summed E-state index contributed by atoms with van der Waals surface area (Å²) in [5.74, 6) is 0.863. The molecule has 0 spiro atoms. The summed E-state index contributed by atoms with van der Waals surface area (Å²) >= 11 is 0. The van der Waals surface area contributed by atoms with Crippen LogP contribution in [0.3, 0.4) is 0 Å². The normalized spacial score (nSPS) is 24.4. The average Bonchev–Trinajstić information content (AvgIpc) is 3.24. The number of hydrogen-bond donors (Lipinski definition) is 1. The summed E-state index contributed by atoms with van der Waals surface area (Å²) in [6.45, 7) is 7.52. The zero-order chi connectivity index (χ0) is 14.0. The van der Waals surface area contributed by atoms with E-state index >= 15 is 0 Å². The minimum absolute atomic E-state index is 0.324. The van der Waals surface area contributed by atoms with Crippen molar-refractivity contribution in [3.63, 3.8) is 0 Å². The molecule has 0 aliphatic heterocycles. The quantitative estimate of drug-likeness (QED) is 0.798. The molecule has 1 unspecified atom stereocenters. The molecule has 0 saturated heterocycles. The molecule has 0 heterocycles. The molecule has 1 saturated carbocycles. The smallest absolute Gasteiger partial charge is 0.0591 e. The van der Waals surface area contributed by atoms with Gasteiger partial charge in [-0.25, -0.2) is 0 Å². The van der Waals surface area contributed by atoms with Crippen LogP contribution in [0.25, 0.3) is 0 Å². The first-order chi connectivity index (χ1) is 9.67. The molecule has 2 aliphatic rings. The molecule has 1 atom stereocenters. The van der Waals surface area contributed by atoms with E-state index in [9.17, 15) is 0 Å². The molecular weight excluding hydrogens is 246 g/mol. The maximum absolute atomic E-state index is 5.74. The Morgan fingerprint density at radius 2 is 2.05 bits per heavy atom. The van der Waals surface area contributed by atoms with E-state index in [4.69, 9.17) is 4.74 Å². The monoisotopic (exact) mass is 273 g/mol. The summed E-state index contributed by atoms with van der Waals surface area (Å²) in [5.41, 5.74) is 3.33. The van der Waals surface area contributed by atoms with E-state index in [-0.39, 0.29) is 0 Å². The number of hydrogen-bond acceptors (Lipinski definition) is 2. The van der Waals surface area contributed by atoms with Gasteiger partial charge < -0.3 is 10.1 Å². The van der Waals surface area contributed by atoms with Gasteiger partial charge in [0.1, 0.15) is 0 Å². The Labute approximate surface area is 122 Å². The van der Waals surface area contributed by atoms with E-state index in [1.54, 1.807) is 0 Å². The number of ether oxygens (including phenoxy) is 1. The van der Waals surface area contributed by atoms with Crippen molar-refractivity contribution in [3.05, 3.63) is 35.4 Å². The van der Waals surface area contributed by atoms with Crippen LogP contribution < -0.4 is 5.32 Å². The van der Waals surface area contributed by atoms with Crippen molar-refractivity contribution in [2.45, 2.75) is 45.6 Å². The highest BCUT2D eigenvalue weighted by molar-refractivity contribution is 5.34. The van der Waals surface area contributed by atoms with Gasteiger partial charge in [-0.2, -0.15) is 0 Å². The summed E-state index contributed by atoms with van der Waals surface area (Å²) in [7, 11) is 0.